The second-order valence-electron chi connectivity index (χ2n) is 9.00. The first-order valence-corrected chi connectivity index (χ1v) is 12.4. The SMILES string of the molecule is Oc1ccccc1/C=N\c1c(-c2ccc3ccccc3c2/N=C\c2ccccc2O)ccc2ccccc12. The smallest absolute Gasteiger partial charge is 0.124 e. The van der Waals surface area contributed by atoms with E-state index in [1.54, 1.807) is 36.7 Å². The van der Waals surface area contributed by atoms with E-state index in [4.69, 9.17) is 9.98 Å². The Bertz CT molecular complexity index is 1720. The van der Waals surface area contributed by atoms with Crippen molar-refractivity contribution in [1.29, 1.82) is 0 Å². The monoisotopic (exact) mass is 492 g/mol. The highest BCUT2D eigenvalue weighted by Crippen LogP contribution is 2.44. The second-order valence-corrected chi connectivity index (χ2v) is 9.00. The molecule has 0 atom stereocenters. The van der Waals surface area contributed by atoms with Gasteiger partial charge in [-0.05, 0) is 35.0 Å². The van der Waals surface area contributed by atoms with Gasteiger partial charge in [0.1, 0.15) is 11.5 Å². The Morgan fingerprint density at radius 3 is 1.26 bits per heavy atom. The number of phenolic OH excluding ortho intramolecular Hbond substituents is 2. The molecule has 0 fully saturated rings. The lowest BCUT2D eigenvalue weighted by atomic mass is 9.94. The van der Waals surface area contributed by atoms with Gasteiger partial charge in [0.2, 0.25) is 0 Å². The summed E-state index contributed by atoms with van der Waals surface area (Å²) in [6.45, 7) is 0. The number of aliphatic imine (C=N–C) groups is 2. The number of fused-ring (bicyclic) bond motifs is 2. The van der Waals surface area contributed by atoms with E-state index in [0.717, 1.165) is 44.0 Å². The molecule has 0 aliphatic carbocycles. The first kappa shape index (κ1) is 23.2. The molecule has 0 saturated heterocycles. The minimum absolute atomic E-state index is 0.177. The summed E-state index contributed by atoms with van der Waals surface area (Å²) in [5.74, 6) is 0.355. The van der Waals surface area contributed by atoms with Gasteiger partial charge >= 0.3 is 0 Å². The van der Waals surface area contributed by atoms with Crippen LogP contribution in [0.1, 0.15) is 11.1 Å². The standard InChI is InChI=1S/C34H24N2O2/c37-31-15-7-3-11-25(31)21-35-33-27-13-5-1-9-23(27)17-19-29(33)30-20-18-24-10-2-6-14-28(24)34(30)36-22-26-12-4-8-16-32(26)38/h1-22,37-38H/b35-21-,36-22-. The first-order valence-electron chi connectivity index (χ1n) is 12.4. The van der Waals surface area contributed by atoms with Gasteiger partial charge in [0.25, 0.3) is 0 Å². The molecule has 4 heteroatoms. The van der Waals surface area contributed by atoms with Gasteiger partial charge in [0, 0.05) is 45.5 Å². The molecule has 182 valence electrons. The fraction of sp³-hybridized carbons (Fsp3) is 0. The molecule has 0 amide bonds. The lowest BCUT2D eigenvalue weighted by molar-refractivity contribution is 0.474. The third kappa shape index (κ3) is 4.40. The predicted octanol–water partition coefficient (Wildman–Crippen LogP) is 8.57. The number of hydrogen-bond acceptors (Lipinski definition) is 4. The Morgan fingerprint density at radius 2 is 0.816 bits per heavy atom. The Balaban J connectivity index is 1.60. The molecule has 6 aromatic rings. The normalized spacial score (nSPS) is 11.7. The van der Waals surface area contributed by atoms with Gasteiger partial charge in [-0.3, -0.25) is 9.98 Å². The lowest BCUT2D eigenvalue weighted by Gasteiger charge is -2.14. The maximum absolute atomic E-state index is 10.3. The summed E-state index contributed by atoms with van der Waals surface area (Å²) in [5, 5.41) is 24.8. The van der Waals surface area contributed by atoms with E-state index in [2.05, 4.69) is 48.5 Å². The highest BCUT2D eigenvalue weighted by atomic mass is 16.3. The Labute approximate surface area is 220 Å². The maximum atomic E-state index is 10.3. The maximum Gasteiger partial charge on any atom is 0.124 e. The number of rotatable bonds is 5. The minimum Gasteiger partial charge on any atom is -0.507 e. The van der Waals surface area contributed by atoms with Crippen molar-refractivity contribution in [2.24, 2.45) is 9.98 Å². The Kier molecular flexibility index (Phi) is 6.12. The van der Waals surface area contributed by atoms with Gasteiger partial charge in [-0.15, -0.1) is 0 Å². The summed E-state index contributed by atoms with van der Waals surface area (Å²) >= 11 is 0. The third-order valence-corrected chi connectivity index (χ3v) is 6.63. The summed E-state index contributed by atoms with van der Waals surface area (Å²) in [6, 6.07) is 38.9. The van der Waals surface area contributed by atoms with Crippen molar-refractivity contribution in [2.45, 2.75) is 0 Å². The molecule has 0 unspecified atom stereocenters. The summed E-state index contributed by atoms with van der Waals surface area (Å²) in [6.07, 6.45) is 3.40. The molecule has 0 saturated carbocycles. The van der Waals surface area contributed by atoms with Gasteiger partial charge in [-0.25, -0.2) is 0 Å². The second kappa shape index (κ2) is 10.0. The molecule has 38 heavy (non-hydrogen) atoms. The van der Waals surface area contributed by atoms with Crippen LogP contribution >= 0.6 is 0 Å². The van der Waals surface area contributed by atoms with Crippen molar-refractivity contribution in [3.8, 4) is 22.6 Å². The van der Waals surface area contributed by atoms with Crippen LogP contribution in [-0.4, -0.2) is 22.6 Å². The number of benzene rings is 6. The largest absolute Gasteiger partial charge is 0.507 e. The van der Waals surface area contributed by atoms with Crippen molar-refractivity contribution >= 4 is 45.3 Å². The molecule has 0 aliphatic heterocycles. The highest BCUT2D eigenvalue weighted by molar-refractivity contribution is 6.08. The van der Waals surface area contributed by atoms with Crippen LogP contribution in [0.25, 0.3) is 32.7 Å². The van der Waals surface area contributed by atoms with Gasteiger partial charge in [-0.1, -0.05) is 97.1 Å². The number of hydrogen-bond donors (Lipinski definition) is 2. The number of nitrogens with zero attached hydrogens (tertiary/aromatic N) is 2. The van der Waals surface area contributed by atoms with Gasteiger partial charge in [0.15, 0.2) is 0 Å². The van der Waals surface area contributed by atoms with E-state index >= 15 is 0 Å². The summed E-state index contributed by atoms with van der Waals surface area (Å²) in [4.78, 5) is 9.84. The van der Waals surface area contributed by atoms with Crippen molar-refractivity contribution in [2.75, 3.05) is 0 Å². The van der Waals surface area contributed by atoms with Crippen LogP contribution in [0.5, 0.6) is 11.5 Å². The van der Waals surface area contributed by atoms with Crippen LogP contribution in [0.15, 0.2) is 131 Å². The third-order valence-electron chi connectivity index (χ3n) is 6.63. The summed E-state index contributed by atoms with van der Waals surface area (Å²) in [7, 11) is 0. The Morgan fingerprint density at radius 1 is 0.421 bits per heavy atom. The molecule has 0 heterocycles. The predicted molar refractivity (Wildman–Crippen MR) is 158 cm³/mol. The van der Waals surface area contributed by atoms with E-state index in [1.165, 1.54) is 0 Å². The van der Waals surface area contributed by atoms with Crippen LogP contribution in [0.3, 0.4) is 0 Å². The molecule has 4 nitrogen and oxygen atoms in total. The zero-order chi connectivity index (χ0) is 25.9. The van der Waals surface area contributed by atoms with E-state index in [0.29, 0.717) is 11.1 Å². The van der Waals surface area contributed by atoms with Gasteiger partial charge in [-0.2, -0.15) is 0 Å². The number of aromatic hydroxyl groups is 2. The topological polar surface area (TPSA) is 65.2 Å². The average molecular weight is 493 g/mol. The van der Waals surface area contributed by atoms with Crippen LogP contribution in [-0.2, 0) is 0 Å². The highest BCUT2D eigenvalue weighted by Gasteiger charge is 2.15. The van der Waals surface area contributed by atoms with Crippen LogP contribution < -0.4 is 0 Å². The zero-order valence-corrected chi connectivity index (χ0v) is 20.5. The lowest BCUT2D eigenvalue weighted by Crippen LogP contribution is -1.88. The summed E-state index contributed by atoms with van der Waals surface area (Å²) in [5.41, 5.74) is 4.71. The van der Waals surface area contributed by atoms with Gasteiger partial charge in [0.05, 0.1) is 11.4 Å². The Hall–Kier alpha value is -5.22. The first-order chi connectivity index (χ1) is 18.7. The van der Waals surface area contributed by atoms with Crippen LogP contribution in [0, 0.1) is 0 Å². The van der Waals surface area contributed by atoms with E-state index < -0.39 is 0 Å². The molecule has 0 aliphatic rings. The fourth-order valence-corrected chi connectivity index (χ4v) is 4.68. The molecule has 0 radical (unpaired) electrons. The quantitative estimate of drug-likeness (QED) is 0.237. The zero-order valence-electron chi connectivity index (χ0n) is 20.5. The van der Waals surface area contributed by atoms with Crippen LogP contribution in [0.2, 0.25) is 0 Å². The van der Waals surface area contributed by atoms with Crippen molar-refractivity contribution in [1.82, 2.24) is 0 Å². The molecular formula is C34H24N2O2. The van der Waals surface area contributed by atoms with Crippen LogP contribution in [0.4, 0.5) is 11.4 Å². The molecule has 2 N–H and O–H groups in total. The minimum atomic E-state index is 0.177. The van der Waals surface area contributed by atoms with E-state index in [9.17, 15) is 10.2 Å². The number of phenols is 2. The van der Waals surface area contributed by atoms with Crippen molar-refractivity contribution < 1.29 is 10.2 Å². The van der Waals surface area contributed by atoms with Crippen molar-refractivity contribution in [3.63, 3.8) is 0 Å². The molecule has 0 aromatic heterocycles. The van der Waals surface area contributed by atoms with E-state index in [-0.39, 0.29) is 11.5 Å². The number of para-hydroxylation sites is 2. The molecule has 6 rings (SSSR count). The molecular weight excluding hydrogens is 468 g/mol. The van der Waals surface area contributed by atoms with Crippen molar-refractivity contribution in [3.05, 3.63) is 132 Å². The average Bonchev–Trinajstić information content (AvgIpc) is 2.96. The van der Waals surface area contributed by atoms with Gasteiger partial charge < -0.3 is 10.2 Å². The molecule has 6 aromatic carbocycles. The molecule has 0 spiro atoms. The fourth-order valence-electron chi connectivity index (χ4n) is 4.68. The summed E-state index contributed by atoms with van der Waals surface area (Å²) < 4.78 is 0. The van der Waals surface area contributed by atoms with E-state index in [1.807, 2.05) is 48.5 Å². The molecule has 0 bridgehead atoms.